The standard InChI is InChI=1S/C44H52N6O6/c1-25-15-33(51)16-26(2)35(25)21-37(45)43(55)49-23-31-11-7-5-9-29(31)19-39(49)41(53)47-13-14-48-42(54)40-20-30-10-6-8-12-32(30)24-50(40)44(56)38(46)22-36-27(3)17-34(52)18-28(36)4/h5-12,15-18,37-40,51-52H,13-14,19-24,45-46H2,1-4H3,(H,47,53)(H,48,54)/t37-,38-,39-,40-/m0/s1. The topological polar surface area (TPSA) is 191 Å². The molecule has 0 bridgehead atoms. The summed E-state index contributed by atoms with van der Waals surface area (Å²) in [7, 11) is 0. The highest BCUT2D eigenvalue weighted by atomic mass is 16.3. The SMILES string of the molecule is Cc1cc(O)cc(C)c1C[C@H](N)C(=O)N1Cc2ccccc2C[C@H]1C(=O)NCCNC(=O)[C@@H]1Cc2ccccc2CN1C(=O)[C@@H](N)Cc1c(C)cc(O)cc1C. The van der Waals surface area contributed by atoms with Crippen LogP contribution in [0.3, 0.4) is 0 Å². The van der Waals surface area contributed by atoms with Gasteiger partial charge in [-0.2, -0.15) is 0 Å². The summed E-state index contributed by atoms with van der Waals surface area (Å²) in [5, 5.41) is 25.8. The number of hydrogen-bond acceptors (Lipinski definition) is 8. The average Bonchev–Trinajstić information content (AvgIpc) is 3.17. The number of nitrogens with two attached hydrogens (primary N) is 2. The minimum absolute atomic E-state index is 0.0961. The minimum atomic E-state index is -0.912. The van der Waals surface area contributed by atoms with Crippen molar-refractivity contribution in [2.75, 3.05) is 13.1 Å². The molecule has 6 rings (SSSR count). The lowest BCUT2D eigenvalue weighted by atomic mass is 9.91. The number of benzene rings is 4. The first-order valence-electron chi connectivity index (χ1n) is 19.1. The van der Waals surface area contributed by atoms with Gasteiger partial charge in [-0.25, -0.2) is 0 Å². The fourth-order valence-electron chi connectivity index (χ4n) is 8.21. The van der Waals surface area contributed by atoms with Gasteiger partial charge in [0, 0.05) is 39.0 Å². The molecule has 4 aromatic rings. The van der Waals surface area contributed by atoms with Crippen LogP contribution in [0.15, 0.2) is 72.8 Å². The number of phenolic OH excluding ortho intramolecular Hbond substituents is 2. The van der Waals surface area contributed by atoms with E-state index in [1.165, 1.54) is 0 Å². The van der Waals surface area contributed by atoms with Crippen molar-refractivity contribution in [2.45, 2.75) is 90.6 Å². The fraction of sp³-hybridized carbons (Fsp3) is 0.364. The quantitative estimate of drug-likeness (QED) is 0.126. The lowest BCUT2D eigenvalue weighted by Gasteiger charge is -2.38. The first-order chi connectivity index (χ1) is 26.7. The molecule has 0 saturated carbocycles. The van der Waals surface area contributed by atoms with Crippen LogP contribution in [0.4, 0.5) is 0 Å². The van der Waals surface area contributed by atoms with Crippen LogP contribution in [0.25, 0.3) is 0 Å². The highest BCUT2D eigenvalue weighted by molar-refractivity contribution is 5.92. The maximum Gasteiger partial charge on any atom is 0.243 e. The second-order valence-electron chi connectivity index (χ2n) is 15.2. The molecule has 12 nitrogen and oxygen atoms in total. The Bertz CT molecular complexity index is 1950. The molecule has 2 aliphatic rings. The van der Waals surface area contributed by atoms with Crippen molar-refractivity contribution in [2.24, 2.45) is 11.5 Å². The number of hydrogen-bond donors (Lipinski definition) is 6. The molecule has 2 heterocycles. The number of nitrogens with zero attached hydrogens (tertiary/aromatic N) is 2. The lowest BCUT2D eigenvalue weighted by Crippen LogP contribution is -2.58. The second kappa shape index (κ2) is 17.0. The Labute approximate surface area is 327 Å². The number of aromatic hydroxyl groups is 2. The van der Waals surface area contributed by atoms with Crippen LogP contribution in [-0.2, 0) is 58.0 Å². The Morgan fingerprint density at radius 3 is 1.27 bits per heavy atom. The molecule has 0 fully saturated rings. The van der Waals surface area contributed by atoms with E-state index in [0.717, 1.165) is 55.6 Å². The summed E-state index contributed by atoms with van der Waals surface area (Å²) in [5.41, 5.74) is 22.0. The lowest BCUT2D eigenvalue weighted by molar-refractivity contribution is -0.143. The summed E-state index contributed by atoms with van der Waals surface area (Å²) < 4.78 is 0. The maximum atomic E-state index is 13.9. The summed E-state index contributed by atoms with van der Waals surface area (Å²) in [6.07, 6.45) is 1.13. The van der Waals surface area contributed by atoms with E-state index in [1.807, 2.05) is 76.2 Å². The van der Waals surface area contributed by atoms with Crippen molar-refractivity contribution in [1.82, 2.24) is 20.4 Å². The fourth-order valence-corrected chi connectivity index (χ4v) is 8.21. The van der Waals surface area contributed by atoms with Crippen LogP contribution in [-0.4, -0.2) is 80.9 Å². The molecule has 0 aromatic heterocycles. The van der Waals surface area contributed by atoms with E-state index in [9.17, 15) is 29.4 Å². The number of phenols is 2. The summed E-state index contributed by atoms with van der Waals surface area (Å²) >= 11 is 0. The Morgan fingerprint density at radius 2 is 0.929 bits per heavy atom. The van der Waals surface area contributed by atoms with E-state index >= 15 is 0 Å². The van der Waals surface area contributed by atoms with Gasteiger partial charge in [-0.1, -0.05) is 48.5 Å². The van der Waals surface area contributed by atoms with Crippen molar-refractivity contribution < 1.29 is 29.4 Å². The molecule has 2 aliphatic heterocycles. The van der Waals surface area contributed by atoms with Crippen LogP contribution in [0.2, 0.25) is 0 Å². The number of nitrogens with one attached hydrogen (secondary N) is 2. The third-order valence-corrected chi connectivity index (χ3v) is 11.2. The molecule has 4 aromatic carbocycles. The van der Waals surface area contributed by atoms with E-state index in [1.54, 1.807) is 34.1 Å². The van der Waals surface area contributed by atoms with Crippen LogP contribution in [0, 0.1) is 27.7 Å². The van der Waals surface area contributed by atoms with Crippen molar-refractivity contribution in [3.8, 4) is 11.5 Å². The summed E-state index contributed by atoms with van der Waals surface area (Å²) in [4.78, 5) is 58.6. The van der Waals surface area contributed by atoms with Gasteiger partial charge < -0.3 is 42.1 Å². The summed E-state index contributed by atoms with van der Waals surface area (Å²) in [5.74, 6) is -1.13. The molecular formula is C44H52N6O6. The van der Waals surface area contributed by atoms with Gasteiger partial charge in [0.1, 0.15) is 23.6 Å². The second-order valence-corrected chi connectivity index (χ2v) is 15.2. The maximum absolute atomic E-state index is 13.9. The largest absolute Gasteiger partial charge is 0.508 e. The third kappa shape index (κ3) is 8.72. The van der Waals surface area contributed by atoms with Gasteiger partial charge >= 0.3 is 0 Å². The van der Waals surface area contributed by atoms with E-state index in [-0.39, 0.29) is 74.1 Å². The van der Waals surface area contributed by atoms with Crippen LogP contribution >= 0.6 is 0 Å². The molecule has 0 saturated heterocycles. The van der Waals surface area contributed by atoms with Gasteiger partial charge in [-0.3, -0.25) is 19.2 Å². The van der Waals surface area contributed by atoms with Gasteiger partial charge in [0.25, 0.3) is 0 Å². The highest BCUT2D eigenvalue weighted by Crippen LogP contribution is 2.28. The monoisotopic (exact) mass is 760 g/mol. The molecule has 4 amide bonds. The summed E-state index contributed by atoms with van der Waals surface area (Å²) in [6, 6.07) is 18.5. The van der Waals surface area contributed by atoms with Gasteiger partial charge in [-0.05, 0) is 120 Å². The zero-order chi connectivity index (χ0) is 40.3. The van der Waals surface area contributed by atoms with Crippen molar-refractivity contribution in [3.05, 3.63) is 128 Å². The first-order valence-corrected chi connectivity index (χ1v) is 19.1. The van der Waals surface area contributed by atoms with E-state index in [4.69, 9.17) is 11.5 Å². The Balaban J connectivity index is 1.11. The van der Waals surface area contributed by atoms with Gasteiger partial charge in [0.2, 0.25) is 23.6 Å². The molecule has 0 unspecified atom stereocenters. The molecule has 4 atom stereocenters. The Morgan fingerprint density at radius 1 is 0.607 bits per heavy atom. The molecule has 8 N–H and O–H groups in total. The normalized spacial score (nSPS) is 17.3. The molecule has 0 radical (unpaired) electrons. The van der Waals surface area contributed by atoms with E-state index in [2.05, 4.69) is 10.6 Å². The number of carbonyl (C=O) groups excluding carboxylic acids is 4. The minimum Gasteiger partial charge on any atom is -0.508 e. The number of aryl methyl sites for hydroxylation is 4. The first kappa shape index (κ1) is 40.0. The number of fused-ring (bicyclic) bond motifs is 2. The van der Waals surface area contributed by atoms with Crippen LogP contribution < -0.4 is 22.1 Å². The predicted octanol–water partition coefficient (Wildman–Crippen LogP) is 2.91. The highest BCUT2D eigenvalue weighted by Gasteiger charge is 2.38. The summed E-state index contributed by atoms with van der Waals surface area (Å²) in [6.45, 7) is 8.11. The Hall–Kier alpha value is -5.72. The predicted molar refractivity (Wildman–Crippen MR) is 214 cm³/mol. The van der Waals surface area contributed by atoms with Crippen LogP contribution in [0.1, 0.15) is 55.6 Å². The third-order valence-electron chi connectivity index (χ3n) is 11.2. The number of amides is 4. The zero-order valence-electron chi connectivity index (χ0n) is 32.5. The molecule has 12 heteroatoms. The van der Waals surface area contributed by atoms with E-state index in [0.29, 0.717) is 12.8 Å². The van der Waals surface area contributed by atoms with Crippen LogP contribution in [0.5, 0.6) is 11.5 Å². The molecule has 0 aliphatic carbocycles. The zero-order valence-corrected chi connectivity index (χ0v) is 32.5. The average molecular weight is 761 g/mol. The van der Waals surface area contributed by atoms with Gasteiger partial charge in [0.05, 0.1) is 12.1 Å². The van der Waals surface area contributed by atoms with Gasteiger partial charge in [0.15, 0.2) is 0 Å². The molecule has 0 spiro atoms. The van der Waals surface area contributed by atoms with Crippen molar-refractivity contribution in [3.63, 3.8) is 0 Å². The van der Waals surface area contributed by atoms with Crippen molar-refractivity contribution in [1.29, 1.82) is 0 Å². The molecular weight excluding hydrogens is 709 g/mol. The van der Waals surface area contributed by atoms with E-state index < -0.39 is 24.2 Å². The Kier molecular flexibility index (Phi) is 12.1. The number of rotatable bonds is 11. The molecule has 294 valence electrons. The molecule has 56 heavy (non-hydrogen) atoms. The van der Waals surface area contributed by atoms with Gasteiger partial charge in [-0.15, -0.1) is 0 Å². The number of carbonyl (C=O) groups is 4. The van der Waals surface area contributed by atoms with Crippen molar-refractivity contribution >= 4 is 23.6 Å². The smallest absolute Gasteiger partial charge is 0.243 e.